The molecule has 1 atom stereocenters. The van der Waals surface area contributed by atoms with E-state index >= 15 is 0 Å². The van der Waals surface area contributed by atoms with Crippen LogP contribution in [0.4, 0.5) is 4.39 Å². The Morgan fingerprint density at radius 3 is 2.61 bits per heavy atom. The SMILES string of the molecule is CC(c1nnc(SCC(=O)c2ccc3c(c2)OCO3)n1-c1ccc(F)cc1)N1CCCCC1. The standard InChI is InChI=1S/C24H25FN4O3S/c1-16(28-11-3-2-4-12-28)23-26-27-24(29(23)19-8-6-18(25)7-9-19)33-14-20(30)17-5-10-21-22(13-17)32-15-31-21/h5-10,13,16H,2-4,11-12,14-15H2,1H3. The quantitative estimate of drug-likeness (QED) is 0.369. The van der Waals surface area contributed by atoms with Gasteiger partial charge in [-0.3, -0.25) is 14.3 Å². The summed E-state index contributed by atoms with van der Waals surface area (Å²) in [5.74, 6) is 1.87. The lowest BCUT2D eigenvalue weighted by atomic mass is 10.1. The van der Waals surface area contributed by atoms with Gasteiger partial charge in [0.05, 0.1) is 11.8 Å². The van der Waals surface area contributed by atoms with Crippen LogP contribution in [0.25, 0.3) is 5.69 Å². The normalized spacial score (nSPS) is 16.7. The van der Waals surface area contributed by atoms with Crippen molar-refractivity contribution in [2.45, 2.75) is 37.4 Å². The van der Waals surface area contributed by atoms with Crippen molar-refractivity contribution in [2.75, 3.05) is 25.6 Å². The van der Waals surface area contributed by atoms with Crippen molar-refractivity contribution in [1.29, 1.82) is 0 Å². The van der Waals surface area contributed by atoms with E-state index < -0.39 is 0 Å². The second-order valence-electron chi connectivity index (χ2n) is 8.21. The Labute approximate surface area is 195 Å². The number of hydrogen-bond acceptors (Lipinski definition) is 7. The predicted molar refractivity (Wildman–Crippen MR) is 123 cm³/mol. The summed E-state index contributed by atoms with van der Waals surface area (Å²) in [4.78, 5) is 15.3. The maximum absolute atomic E-state index is 13.6. The minimum Gasteiger partial charge on any atom is -0.454 e. The molecule has 3 heterocycles. The van der Waals surface area contributed by atoms with Crippen LogP contribution < -0.4 is 9.47 Å². The van der Waals surface area contributed by atoms with E-state index in [1.807, 2.05) is 4.57 Å². The molecule has 5 rings (SSSR count). The number of thioether (sulfide) groups is 1. The number of rotatable bonds is 7. The van der Waals surface area contributed by atoms with Gasteiger partial charge in [-0.15, -0.1) is 10.2 Å². The van der Waals surface area contributed by atoms with Gasteiger partial charge >= 0.3 is 0 Å². The number of carbonyl (C=O) groups is 1. The van der Waals surface area contributed by atoms with E-state index in [-0.39, 0.29) is 30.2 Å². The molecular weight excluding hydrogens is 443 g/mol. The Hall–Kier alpha value is -2.91. The van der Waals surface area contributed by atoms with E-state index in [2.05, 4.69) is 22.0 Å². The largest absolute Gasteiger partial charge is 0.454 e. The molecule has 1 saturated heterocycles. The molecule has 1 fully saturated rings. The van der Waals surface area contributed by atoms with Crippen LogP contribution in [0.15, 0.2) is 47.6 Å². The molecule has 2 aliphatic rings. The number of benzene rings is 2. The van der Waals surface area contributed by atoms with Crippen LogP contribution in [0.1, 0.15) is 48.4 Å². The molecular formula is C24H25FN4O3S. The number of likely N-dealkylation sites (tertiary alicyclic amines) is 1. The van der Waals surface area contributed by atoms with Gasteiger partial charge in [0.1, 0.15) is 5.82 Å². The first-order chi connectivity index (χ1) is 16.1. The van der Waals surface area contributed by atoms with Gasteiger partial charge in [-0.05, 0) is 75.3 Å². The molecule has 0 amide bonds. The smallest absolute Gasteiger partial charge is 0.231 e. The Morgan fingerprint density at radius 2 is 1.82 bits per heavy atom. The number of halogens is 1. The molecule has 0 aliphatic carbocycles. The van der Waals surface area contributed by atoms with Gasteiger partial charge in [0, 0.05) is 11.3 Å². The number of aromatic nitrogens is 3. The van der Waals surface area contributed by atoms with Crippen molar-refractivity contribution < 1.29 is 18.7 Å². The number of hydrogen-bond donors (Lipinski definition) is 0. The number of Topliss-reactive ketones (excluding diaryl/α,β-unsaturated/α-hetero) is 1. The summed E-state index contributed by atoms with van der Waals surface area (Å²) >= 11 is 1.32. The van der Waals surface area contributed by atoms with Crippen molar-refractivity contribution in [3.63, 3.8) is 0 Å². The highest BCUT2D eigenvalue weighted by Gasteiger charge is 2.26. The Kier molecular flexibility index (Phi) is 6.32. The van der Waals surface area contributed by atoms with Crippen LogP contribution in [0.5, 0.6) is 11.5 Å². The topological polar surface area (TPSA) is 69.5 Å². The van der Waals surface area contributed by atoms with Crippen molar-refractivity contribution in [3.05, 3.63) is 59.7 Å². The molecule has 0 bridgehead atoms. The van der Waals surface area contributed by atoms with Gasteiger partial charge in [0.15, 0.2) is 28.3 Å². The van der Waals surface area contributed by atoms with Gasteiger partial charge in [-0.2, -0.15) is 0 Å². The number of piperidine rings is 1. The van der Waals surface area contributed by atoms with Crippen LogP contribution >= 0.6 is 11.8 Å². The summed E-state index contributed by atoms with van der Waals surface area (Å²) in [5.41, 5.74) is 1.33. The molecule has 2 aliphatic heterocycles. The maximum Gasteiger partial charge on any atom is 0.231 e. The highest BCUT2D eigenvalue weighted by atomic mass is 32.2. The maximum atomic E-state index is 13.6. The highest BCUT2D eigenvalue weighted by molar-refractivity contribution is 7.99. The van der Waals surface area contributed by atoms with Crippen molar-refractivity contribution in [1.82, 2.24) is 19.7 Å². The van der Waals surface area contributed by atoms with Gasteiger partial charge in [0.2, 0.25) is 6.79 Å². The summed E-state index contributed by atoms with van der Waals surface area (Å²) in [6.07, 6.45) is 3.58. The third-order valence-electron chi connectivity index (χ3n) is 6.08. The van der Waals surface area contributed by atoms with Crippen LogP contribution in [0, 0.1) is 5.82 Å². The first-order valence-corrected chi connectivity index (χ1v) is 12.1. The molecule has 0 N–H and O–H groups in total. The van der Waals surface area contributed by atoms with E-state index in [0.29, 0.717) is 22.2 Å². The van der Waals surface area contributed by atoms with Gasteiger partial charge < -0.3 is 9.47 Å². The summed E-state index contributed by atoms with van der Waals surface area (Å²) in [6.45, 7) is 4.33. The van der Waals surface area contributed by atoms with E-state index in [4.69, 9.17) is 9.47 Å². The van der Waals surface area contributed by atoms with E-state index in [1.54, 1.807) is 30.3 Å². The summed E-state index contributed by atoms with van der Waals surface area (Å²) in [7, 11) is 0. The second-order valence-corrected chi connectivity index (χ2v) is 9.15. The molecule has 0 saturated carbocycles. The van der Waals surface area contributed by atoms with Crippen LogP contribution in [0.2, 0.25) is 0 Å². The van der Waals surface area contributed by atoms with E-state index in [9.17, 15) is 9.18 Å². The fourth-order valence-electron chi connectivity index (χ4n) is 4.23. The lowest BCUT2D eigenvalue weighted by molar-refractivity contribution is 0.102. The zero-order valence-electron chi connectivity index (χ0n) is 18.4. The average Bonchev–Trinajstić information content (AvgIpc) is 3.49. The van der Waals surface area contributed by atoms with Crippen molar-refractivity contribution in [3.8, 4) is 17.2 Å². The average molecular weight is 469 g/mol. The van der Waals surface area contributed by atoms with Gasteiger partial charge in [0.25, 0.3) is 0 Å². The predicted octanol–water partition coefficient (Wildman–Crippen LogP) is 4.66. The zero-order chi connectivity index (χ0) is 22.8. The highest BCUT2D eigenvalue weighted by Crippen LogP contribution is 2.34. The molecule has 0 spiro atoms. The first kappa shape index (κ1) is 21.9. The zero-order valence-corrected chi connectivity index (χ0v) is 19.2. The molecule has 1 aromatic heterocycles. The Balaban J connectivity index is 1.40. The molecule has 9 heteroatoms. The molecule has 172 valence electrons. The molecule has 33 heavy (non-hydrogen) atoms. The van der Waals surface area contributed by atoms with Crippen LogP contribution in [-0.2, 0) is 0 Å². The third-order valence-corrected chi connectivity index (χ3v) is 7.01. The molecule has 3 aromatic rings. The summed E-state index contributed by atoms with van der Waals surface area (Å²) < 4.78 is 26.2. The van der Waals surface area contributed by atoms with Crippen molar-refractivity contribution >= 4 is 17.5 Å². The monoisotopic (exact) mass is 468 g/mol. The number of ketones is 1. The molecule has 0 radical (unpaired) electrons. The van der Waals surface area contributed by atoms with Crippen LogP contribution in [0.3, 0.4) is 0 Å². The molecule has 1 unspecified atom stereocenters. The minimum absolute atomic E-state index is 0.0439. The fourth-order valence-corrected chi connectivity index (χ4v) is 5.08. The van der Waals surface area contributed by atoms with Gasteiger partial charge in [-0.1, -0.05) is 18.2 Å². The lowest BCUT2D eigenvalue weighted by Crippen LogP contribution is -2.33. The summed E-state index contributed by atoms with van der Waals surface area (Å²) in [6, 6.07) is 11.5. The van der Waals surface area contributed by atoms with Crippen molar-refractivity contribution in [2.24, 2.45) is 0 Å². The van der Waals surface area contributed by atoms with Gasteiger partial charge in [-0.25, -0.2) is 4.39 Å². The Morgan fingerprint density at radius 1 is 1.06 bits per heavy atom. The third kappa shape index (κ3) is 4.60. The number of ether oxygens (including phenoxy) is 2. The molecule has 7 nitrogen and oxygen atoms in total. The minimum atomic E-state index is -0.301. The molecule has 2 aromatic carbocycles. The fraction of sp³-hybridized carbons (Fsp3) is 0.375. The Bertz CT molecular complexity index is 1150. The first-order valence-electron chi connectivity index (χ1n) is 11.1. The van der Waals surface area contributed by atoms with E-state index in [0.717, 1.165) is 24.6 Å². The van der Waals surface area contributed by atoms with Crippen LogP contribution in [-0.4, -0.2) is 51.1 Å². The lowest BCUT2D eigenvalue weighted by Gasteiger charge is -2.31. The second kappa shape index (κ2) is 9.52. The van der Waals surface area contributed by atoms with E-state index in [1.165, 1.54) is 43.2 Å². The summed E-state index contributed by atoms with van der Waals surface area (Å²) in [5, 5.41) is 9.52. The number of fused-ring (bicyclic) bond motifs is 1. The number of carbonyl (C=O) groups excluding carboxylic acids is 1. The number of nitrogens with zero attached hydrogens (tertiary/aromatic N) is 4.